The summed E-state index contributed by atoms with van der Waals surface area (Å²) >= 11 is 0. The summed E-state index contributed by atoms with van der Waals surface area (Å²) in [6, 6.07) is 7.59. The van der Waals surface area contributed by atoms with E-state index in [0.717, 1.165) is 20.7 Å². The molecule has 0 saturated carbocycles. The molecule has 1 aliphatic rings. The van der Waals surface area contributed by atoms with Crippen molar-refractivity contribution in [3.63, 3.8) is 0 Å². The largest absolute Gasteiger partial charge is 0.495 e. The van der Waals surface area contributed by atoms with Gasteiger partial charge in [-0.15, -0.1) is 0 Å². The van der Waals surface area contributed by atoms with Gasteiger partial charge in [-0.2, -0.15) is 0 Å². The van der Waals surface area contributed by atoms with Crippen LogP contribution in [0.5, 0.6) is 5.75 Å². The molecule has 10 heteroatoms. The molecule has 0 aromatic heterocycles. The molecule has 3 rings (SSSR count). The number of rotatable bonds is 5. The SMILES string of the molecule is COc1ccc(F)cc1S(=O)(=O)N1CCc2cc(S(=O)(=O)N(C)C)ccc21. The van der Waals surface area contributed by atoms with Crippen molar-refractivity contribution in [3.8, 4) is 5.75 Å². The number of halogens is 1. The van der Waals surface area contributed by atoms with Gasteiger partial charge in [0.25, 0.3) is 10.0 Å². The van der Waals surface area contributed by atoms with E-state index in [2.05, 4.69) is 0 Å². The van der Waals surface area contributed by atoms with Crippen molar-refractivity contribution >= 4 is 25.7 Å². The first kappa shape index (κ1) is 19.6. The Hall–Kier alpha value is -2.17. The first-order valence-electron chi connectivity index (χ1n) is 8.01. The van der Waals surface area contributed by atoms with Gasteiger partial charge in [0.05, 0.1) is 17.7 Å². The molecular weight excluding hydrogens is 395 g/mol. The van der Waals surface area contributed by atoms with Gasteiger partial charge in [0.15, 0.2) is 0 Å². The highest BCUT2D eigenvalue weighted by Crippen LogP contribution is 2.37. The zero-order valence-corrected chi connectivity index (χ0v) is 16.6. The van der Waals surface area contributed by atoms with Gasteiger partial charge in [-0.1, -0.05) is 0 Å². The zero-order chi connectivity index (χ0) is 20.0. The fourth-order valence-electron chi connectivity index (χ4n) is 2.94. The van der Waals surface area contributed by atoms with Crippen LogP contribution in [0.2, 0.25) is 0 Å². The number of fused-ring (bicyclic) bond motifs is 1. The minimum absolute atomic E-state index is 0.0386. The number of benzene rings is 2. The van der Waals surface area contributed by atoms with E-state index >= 15 is 0 Å². The normalized spacial score (nSPS) is 14.5. The third-order valence-corrected chi connectivity index (χ3v) is 8.02. The van der Waals surface area contributed by atoms with Crippen LogP contribution in [0.25, 0.3) is 0 Å². The lowest BCUT2D eigenvalue weighted by molar-refractivity contribution is 0.401. The second kappa shape index (κ2) is 6.77. The summed E-state index contributed by atoms with van der Waals surface area (Å²) in [6.45, 7) is 0.128. The van der Waals surface area contributed by atoms with Crippen molar-refractivity contribution in [2.75, 3.05) is 32.1 Å². The van der Waals surface area contributed by atoms with Gasteiger partial charge in [0, 0.05) is 20.6 Å². The molecule has 27 heavy (non-hydrogen) atoms. The van der Waals surface area contributed by atoms with Crippen LogP contribution in [0.15, 0.2) is 46.2 Å². The summed E-state index contributed by atoms with van der Waals surface area (Å²) in [5.41, 5.74) is 0.968. The maximum absolute atomic E-state index is 13.6. The van der Waals surface area contributed by atoms with Crippen molar-refractivity contribution in [1.82, 2.24) is 4.31 Å². The van der Waals surface area contributed by atoms with Gasteiger partial charge in [-0.05, 0) is 48.4 Å². The Morgan fingerprint density at radius 3 is 2.41 bits per heavy atom. The average molecular weight is 414 g/mol. The molecule has 0 aliphatic carbocycles. The second-order valence-electron chi connectivity index (χ2n) is 6.20. The Bertz CT molecular complexity index is 1100. The van der Waals surface area contributed by atoms with Gasteiger partial charge in [-0.25, -0.2) is 25.5 Å². The van der Waals surface area contributed by atoms with Crippen molar-refractivity contribution < 1.29 is 26.0 Å². The summed E-state index contributed by atoms with van der Waals surface area (Å²) in [6.07, 6.45) is 0.350. The summed E-state index contributed by atoms with van der Waals surface area (Å²) < 4.78 is 71.7. The van der Waals surface area contributed by atoms with E-state index in [0.29, 0.717) is 17.7 Å². The summed E-state index contributed by atoms with van der Waals surface area (Å²) in [7, 11) is -3.54. The molecule has 2 aromatic carbocycles. The first-order valence-corrected chi connectivity index (χ1v) is 10.9. The Morgan fingerprint density at radius 2 is 1.78 bits per heavy atom. The summed E-state index contributed by atoms with van der Waals surface area (Å²) in [4.78, 5) is -0.184. The van der Waals surface area contributed by atoms with Crippen LogP contribution in [-0.2, 0) is 26.5 Å². The zero-order valence-electron chi connectivity index (χ0n) is 15.0. The van der Waals surface area contributed by atoms with Crippen molar-refractivity contribution in [1.29, 1.82) is 0 Å². The molecule has 0 radical (unpaired) electrons. The average Bonchev–Trinajstić information content (AvgIpc) is 3.05. The van der Waals surface area contributed by atoms with Gasteiger partial charge in [0.1, 0.15) is 16.5 Å². The lowest BCUT2D eigenvalue weighted by atomic mass is 10.2. The summed E-state index contributed by atoms with van der Waals surface area (Å²) in [5.74, 6) is -0.655. The van der Waals surface area contributed by atoms with E-state index in [-0.39, 0.29) is 22.1 Å². The molecule has 7 nitrogen and oxygen atoms in total. The highest BCUT2D eigenvalue weighted by Gasteiger charge is 2.34. The molecular formula is C17H19FN2O5S2. The van der Waals surface area contributed by atoms with Crippen LogP contribution in [0.1, 0.15) is 5.56 Å². The number of hydrogen-bond acceptors (Lipinski definition) is 5. The van der Waals surface area contributed by atoms with E-state index in [9.17, 15) is 21.2 Å². The Morgan fingerprint density at radius 1 is 1.07 bits per heavy atom. The third-order valence-electron chi connectivity index (χ3n) is 4.38. The number of hydrogen-bond donors (Lipinski definition) is 0. The molecule has 0 fully saturated rings. The van der Waals surface area contributed by atoms with E-state index < -0.39 is 25.9 Å². The molecule has 0 unspecified atom stereocenters. The van der Waals surface area contributed by atoms with Gasteiger partial charge in [0.2, 0.25) is 10.0 Å². The molecule has 0 saturated heterocycles. The number of methoxy groups -OCH3 is 1. The van der Waals surface area contributed by atoms with E-state index in [4.69, 9.17) is 4.74 Å². The van der Waals surface area contributed by atoms with Crippen LogP contribution in [0, 0.1) is 5.82 Å². The van der Waals surface area contributed by atoms with Gasteiger partial charge < -0.3 is 4.74 Å². The fourth-order valence-corrected chi connectivity index (χ4v) is 5.57. The Kier molecular flexibility index (Phi) is 4.91. The molecule has 146 valence electrons. The van der Waals surface area contributed by atoms with Crippen LogP contribution in [-0.4, -0.2) is 48.9 Å². The maximum Gasteiger partial charge on any atom is 0.268 e. The predicted octanol–water partition coefficient (Wildman–Crippen LogP) is 1.84. The molecule has 2 aromatic rings. The van der Waals surface area contributed by atoms with Crippen LogP contribution < -0.4 is 9.04 Å². The fraction of sp³-hybridized carbons (Fsp3) is 0.294. The summed E-state index contributed by atoms with van der Waals surface area (Å²) in [5, 5.41) is 0. The van der Waals surface area contributed by atoms with Gasteiger partial charge in [-0.3, -0.25) is 4.31 Å². The number of ether oxygens (including phenoxy) is 1. The molecule has 1 aliphatic heterocycles. The molecule has 0 atom stereocenters. The van der Waals surface area contributed by atoms with Crippen LogP contribution >= 0.6 is 0 Å². The monoisotopic (exact) mass is 414 g/mol. The van der Waals surface area contributed by atoms with E-state index in [1.807, 2.05) is 0 Å². The molecule has 0 spiro atoms. The molecule has 0 N–H and O–H groups in total. The van der Waals surface area contributed by atoms with Crippen molar-refractivity contribution in [2.24, 2.45) is 0 Å². The quantitative estimate of drug-likeness (QED) is 0.745. The minimum Gasteiger partial charge on any atom is -0.495 e. The second-order valence-corrected chi connectivity index (χ2v) is 10.2. The van der Waals surface area contributed by atoms with Crippen LogP contribution in [0.4, 0.5) is 10.1 Å². The Balaban J connectivity index is 2.07. The molecule has 0 amide bonds. The van der Waals surface area contributed by atoms with Gasteiger partial charge >= 0.3 is 0 Å². The van der Waals surface area contributed by atoms with Crippen molar-refractivity contribution in [3.05, 3.63) is 47.8 Å². The van der Waals surface area contributed by atoms with Crippen LogP contribution in [0.3, 0.4) is 0 Å². The highest BCUT2D eigenvalue weighted by atomic mass is 32.2. The minimum atomic E-state index is -4.07. The third kappa shape index (κ3) is 3.28. The molecule has 0 bridgehead atoms. The van der Waals surface area contributed by atoms with E-state index in [1.54, 1.807) is 0 Å². The maximum atomic E-state index is 13.6. The first-order chi connectivity index (χ1) is 12.6. The molecule has 1 heterocycles. The lowest BCUT2D eigenvalue weighted by Gasteiger charge is -2.21. The number of anilines is 1. The van der Waals surface area contributed by atoms with Crippen molar-refractivity contribution in [2.45, 2.75) is 16.2 Å². The smallest absolute Gasteiger partial charge is 0.268 e. The Labute approximate surface area is 158 Å². The standard InChI is InChI=1S/C17H19FN2O5S2/c1-19(2)26(21,22)14-5-6-15-12(10-14)8-9-20(15)27(23,24)17-11-13(18)4-7-16(17)25-3/h4-7,10-11H,8-9H2,1-3H3. The number of sulfonamides is 2. The lowest BCUT2D eigenvalue weighted by Crippen LogP contribution is -2.29. The highest BCUT2D eigenvalue weighted by molar-refractivity contribution is 7.93. The number of nitrogens with zero attached hydrogens (tertiary/aromatic N) is 2. The van der Waals surface area contributed by atoms with E-state index in [1.165, 1.54) is 45.5 Å². The topological polar surface area (TPSA) is 84.0 Å². The predicted molar refractivity (Wildman–Crippen MR) is 98.5 cm³/mol.